The quantitative estimate of drug-likeness (QED) is 0.831. The molecule has 0 bridgehead atoms. The maximum Gasteiger partial charge on any atom is 0.104 e. The summed E-state index contributed by atoms with van der Waals surface area (Å²) in [7, 11) is 0. The van der Waals surface area contributed by atoms with E-state index in [2.05, 4.69) is 24.4 Å². The molecule has 0 aromatic carbocycles. The molecule has 1 N–H and O–H groups in total. The summed E-state index contributed by atoms with van der Waals surface area (Å²) in [5.74, 6) is 0.835. The fraction of sp³-hybridized carbons (Fsp3) is 0.667. The molecule has 82 valence electrons. The summed E-state index contributed by atoms with van der Waals surface area (Å²) in [6.07, 6.45) is 3.49. The zero-order valence-electron chi connectivity index (χ0n) is 9.03. The Bertz CT molecular complexity index is 345. The normalized spacial score (nSPS) is 31.8. The van der Waals surface area contributed by atoms with Crippen LogP contribution in [0.4, 0.5) is 0 Å². The summed E-state index contributed by atoms with van der Waals surface area (Å²) in [4.78, 5) is 2.76. The maximum absolute atomic E-state index is 6.16. The van der Waals surface area contributed by atoms with Gasteiger partial charge in [0.25, 0.3) is 0 Å². The van der Waals surface area contributed by atoms with Crippen LogP contribution in [0, 0.1) is 12.8 Å². The van der Waals surface area contributed by atoms with Crippen LogP contribution in [0.1, 0.15) is 28.7 Å². The van der Waals surface area contributed by atoms with Crippen molar-refractivity contribution in [2.45, 2.75) is 32.0 Å². The molecule has 1 aromatic rings. The third-order valence-corrected chi connectivity index (χ3v) is 4.33. The van der Waals surface area contributed by atoms with Gasteiger partial charge in [-0.05, 0) is 37.8 Å². The fourth-order valence-corrected chi connectivity index (χ4v) is 3.12. The van der Waals surface area contributed by atoms with E-state index < -0.39 is 0 Å². The van der Waals surface area contributed by atoms with Crippen molar-refractivity contribution < 1.29 is 4.74 Å². The van der Waals surface area contributed by atoms with Crippen molar-refractivity contribution in [3.8, 4) is 0 Å². The molecule has 2 atom stereocenters. The molecule has 1 aliphatic heterocycles. The lowest BCUT2D eigenvalue weighted by molar-refractivity contribution is -0.0476. The Labute approximate surface area is 94.6 Å². The first kappa shape index (κ1) is 9.82. The Hall–Kier alpha value is -0.380. The molecular weight excluding hydrogens is 206 g/mol. The Kier molecular flexibility index (Phi) is 2.54. The highest BCUT2D eigenvalue weighted by Crippen LogP contribution is 2.38. The molecule has 0 spiro atoms. The number of aryl methyl sites for hydroxylation is 1. The van der Waals surface area contributed by atoms with E-state index in [1.54, 1.807) is 0 Å². The van der Waals surface area contributed by atoms with Crippen molar-refractivity contribution in [2.75, 3.05) is 13.1 Å². The van der Waals surface area contributed by atoms with Crippen LogP contribution in [-0.2, 0) is 4.74 Å². The van der Waals surface area contributed by atoms with Gasteiger partial charge in [0.15, 0.2) is 0 Å². The molecule has 1 saturated carbocycles. The van der Waals surface area contributed by atoms with Crippen molar-refractivity contribution >= 4 is 11.3 Å². The van der Waals surface area contributed by atoms with Crippen LogP contribution in [0.25, 0.3) is 0 Å². The molecule has 1 aromatic heterocycles. The van der Waals surface area contributed by atoms with Crippen molar-refractivity contribution in [1.29, 1.82) is 0 Å². The Morgan fingerprint density at radius 2 is 2.20 bits per heavy atom. The van der Waals surface area contributed by atoms with Crippen LogP contribution < -0.4 is 5.32 Å². The third kappa shape index (κ3) is 2.10. The highest BCUT2D eigenvalue weighted by molar-refractivity contribution is 7.12. The molecule has 2 nitrogen and oxygen atoms in total. The number of hydrogen-bond acceptors (Lipinski definition) is 3. The van der Waals surface area contributed by atoms with Gasteiger partial charge >= 0.3 is 0 Å². The third-order valence-electron chi connectivity index (χ3n) is 3.24. The molecule has 0 radical (unpaired) electrons. The molecule has 2 unspecified atom stereocenters. The molecule has 3 rings (SSSR count). The van der Waals surface area contributed by atoms with Crippen LogP contribution >= 0.6 is 11.3 Å². The molecule has 1 aliphatic carbocycles. The summed E-state index contributed by atoms with van der Waals surface area (Å²) in [5, 5.41) is 3.50. The Morgan fingerprint density at radius 1 is 1.33 bits per heavy atom. The Balaban J connectivity index is 1.70. The molecule has 2 heterocycles. The van der Waals surface area contributed by atoms with E-state index in [9.17, 15) is 0 Å². The lowest BCUT2D eigenvalue weighted by Gasteiger charge is -2.30. The molecule has 15 heavy (non-hydrogen) atoms. The average Bonchev–Trinajstić information content (AvgIpc) is 3.02. The van der Waals surface area contributed by atoms with Crippen LogP contribution in [0.2, 0.25) is 0 Å². The van der Waals surface area contributed by atoms with E-state index >= 15 is 0 Å². The topological polar surface area (TPSA) is 21.3 Å². The standard InChI is InChI=1S/C12H17NOS/c1-8-2-5-12(15-8)11-7-13-6-10(14-11)9-3-4-9/h2,5,9-11,13H,3-4,6-7H2,1H3. The van der Waals surface area contributed by atoms with Gasteiger partial charge < -0.3 is 10.1 Å². The summed E-state index contributed by atoms with van der Waals surface area (Å²) in [5.41, 5.74) is 0. The molecule has 2 fully saturated rings. The van der Waals surface area contributed by atoms with Gasteiger partial charge in [-0.15, -0.1) is 11.3 Å². The summed E-state index contributed by atoms with van der Waals surface area (Å²) < 4.78 is 6.16. The number of hydrogen-bond donors (Lipinski definition) is 1. The fourth-order valence-electron chi connectivity index (χ4n) is 2.20. The van der Waals surface area contributed by atoms with Gasteiger partial charge in [0.1, 0.15) is 6.10 Å². The van der Waals surface area contributed by atoms with Gasteiger partial charge in [-0.25, -0.2) is 0 Å². The molecule has 0 amide bonds. The first-order valence-electron chi connectivity index (χ1n) is 5.75. The lowest BCUT2D eigenvalue weighted by atomic mass is 10.1. The summed E-state index contributed by atoms with van der Waals surface area (Å²) in [6, 6.07) is 4.39. The first-order chi connectivity index (χ1) is 7.33. The van der Waals surface area contributed by atoms with Gasteiger partial charge in [-0.3, -0.25) is 0 Å². The second kappa shape index (κ2) is 3.89. The molecule has 1 saturated heterocycles. The van der Waals surface area contributed by atoms with Gasteiger partial charge in [0.2, 0.25) is 0 Å². The monoisotopic (exact) mass is 223 g/mol. The van der Waals surface area contributed by atoms with Gasteiger partial charge in [0.05, 0.1) is 6.10 Å². The molecular formula is C12H17NOS. The number of nitrogens with one attached hydrogen (secondary N) is 1. The largest absolute Gasteiger partial charge is 0.367 e. The van der Waals surface area contributed by atoms with Gasteiger partial charge in [-0.1, -0.05) is 0 Å². The van der Waals surface area contributed by atoms with Crippen LogP contribution in [0.5, 0.6) is 0 Å². The second-order valence-corrected chi connectivity index (χ2v) is 5.93. The van der Waals surface area contributed by atoms with Crippen molar-refractivity contribution in [3.05, 3.63) is 21.9 Å². The van der Waals surface area contributed by atoms with E-state index in [4.69, 9.17) is 4.74 Å². The summed E-state index contributed by atoms with van der Waals surface area (Å²) >= 11 is 1.86. The highest BCUT2D eigenvalue weighted by atomic mass is 32.1. The zero-order chi connectivity index (χ0) is 10.3. The minimum absolute atomic E-state index is 0.294. The maximum atomic E-state index is 6.16. The van der Waals surface area contributed by atoms with Crippen LogP contribution in [0.15, 0.2) is 12.1 Å². The predicted octanol–water partition coefficient (Wildman–Crippen LogP) is 2.50. The van der Waals surface area contributed by atoms with Gasteiger partial charge in [0, 0.05) is 22.8 Å². The number of ether oxygens (including phenoxy) is 1. The number of morpholine rings is 1. The van der Waals surface area contributed by atoms with Crippen LogP contribution in [-0.4, -0.2) is 19.2 Å². The van der Waals surface area contributed by atoms with Crippen molar-refractivity contribution in [1.82, 2.24) is 5.32 Å². The highest BCUT2D eigenvalue weighted by Gasteiger charge is 2.36. The van der Waals surface area contributed by atoms with Crippen molar-refractivity contribution in [3.63, 3.8) is 0 Å². The van der Waals surface area contributed by atoms with E-state index in [-0.39, 0.29) is 0 Å². The smallest absolute Gasteiger partial charge is 0.104 e. The second-order valence-electron chi connectivity index (χ2n) is 4.61. The minimum atomic E-state index is 0.294. The summed E-state index contributed by atoms with van der Waals surface area (Å²) in [6.45, 7) is 4.18. The molecule has 3 heteroatoms. The van der Waals surface area contributed by atoms with E-state index in [0.717, 1.165) is 19.0 Å². The Morgan fingerprint density at radius 3 is 2.87 bits per heavy atom. The van der Waals surface area contributed by atoms with E-state index in [1.807, 2.05) is 11.3 Å². The van der Waals surface area contributed by atoms with E-state index in [1.165, 1.54) is 22.6 Å². The predicted molar refractivity (Wildman–Crippen MR) is 62.3 cm³/mol. The average molecular weight is 223 g/mol. The number of rotatable bonds is 2. The van der Waals surface area contributed by atoms with E-state index in [0.29, 0.717) is 12.2 Å². The zero-order valence-corrected chi connectivity index (χ0v) is 9.85. The number of thiophene rings is 1. The SMILES string of the molecule is Cc1ccc(C2CNCC(C3CC3)O2)s1. The first-order valence-corrected chi connectivity index (χ1v) is 6.57. The lowest BCUT2D eigenvalue weighted by Crippen LogP contribution is -2.41. The van der Waals surface area contributed by atoms with Gasteiger partial charge in [-0.2, -0.15) is 0 Å². The van der Waals surface area contributed by atoms with Crippen molar-refractivity contribution in [2.24, 2.45) is 5.92 Å². The minimum Gasteiger partial charge on any atom is -0.367 e. The van der Waals surface area contributed by atoms with Crippen LogP contribution in [0.3, 0.4) is 0 Å². The molecule has 2 aliphatic rings.